The van der Waals surface area contributed by atoms with Gasteiger partial charge in [-0.1, -0.05) is 35.4 Å². The number of hydrogen-bond acceptors (Lipinski definition) is 4. The predicted molar refractivity (Wildman–Crippen MR) is 98.8 cm³/mol. The average Bonchev–Trinajstić information content (AvgIpc) is 2.59. The van der Waals surface area contributed by atoms with Gasteiger partial charge in [-0.05, 0) is 45.0 Å². The predicted octanol–water partition coefficient (Wildman–Crippen LogP) is 4.15. The van der Waals surface area contributed by atoms with E-state index in [-0.39, 0.29) is 12.4 Å². The molecule has 0 aliphatic rings. The van der Waals surface area contributed by atoms with Crippen molar-refractivity contribution < 1.29 is 9.53 Å². The van der Waals surface area contributed by atoms with E-state index in [1.54, 1.807) is 6.92 Å². The fourth-order valence-electron chi connectivity index (χ4n) is 2.16. The third-order valence-electron chi connectivity index (χ3n) is 3.53. The molecule has 1 N–H and O–H groups in total. The number of amidine groups is 1. The van der Waals surface area contributed by atoms with Crippen molar-refractivity contribution in [3.8, 4) is 6.07 Å². The van der Waals surface area contributed by atoms with Crippen LogP contribution in [0.1, 0.15) is 18.1 Å². The molecule has 25 heavy (non-hydrogen) atoms. The maximum atomic E-state index is 12.1. The molecule has 2 rings (SSSR count). The van der Waals surface area contributed by atoms with Crippen LogP contribution in [0.3, 0.4) is 0 Å². The highest BCUT2D eigenvalue weighted by Gasteiger charge is 2.26. The van der Waals surface area contributed by atoms with Gasteiger partial charge in [-0.2, -0.15) is 5.26 Å². The lowest BCUT2D eigenvalue weighted by atomic mass is 10.1. The Morgan fingerprint density at radius 2 is 1.68 bits per heavy atom. The molecule has 0 fully saturated rings. The fraction of sp³-hybridized carbons (Fsp3) is 0.250. The molecule has 1 atom stereocenters. The number of carbonyl (C=O) groups is 1. The minimum atomic E-state index is -1.12. The van der Waals surface area contributed by atoms with Crippen LogP contribution in [0, 0.1) is 31.1 Å². The number of esters is 1. The largest absolute Gasteiger partial charge is 0.465 e. The van der Waals surface area contributed by atoms with E-state index < -0.39 is 11.9 Å². The van der Waals surface area contributed by atoms with Crippen molar-refractivity contribution in [1.29, 1.82) is 5.26 Å². The van der Waals surface area contributed by atoms with Gasteiger partial charge in [0.1, 0.15) is 5.84 Å². The average molecular weight is 335 g/mol. The number of anilines is 1. The standard InChI is InChI=1S/C20H21N3O2/c1-4-25-20(24)18(13-21)19(22-16-9-5-14(2)6-10-16)23-17-11-7-15(3)8-12-17/h5-12,18H,4H2,1-3H3,(H,22,23). The first kappa shape index (κ1) is 18.2. The molecule has 0 spiro atoms. The summed E-state index contributed by atoms with van der Waals surface area (Å²) < 4.78 is 5.01. The summed E-state index contributed by atoms with van der Waals surface area (Å²) in [5.41, 5.74) is 3.63. The highest BCUT2D eigenvalue weighted by atomic mass is 16.5. The minimum absolute atomic E-state index is 0.208. The van der Waals surface area contributed by atoms with Gasteiger partial charge >= 0.3 is 5.97 Å². The number of benzene rings is 2. The van der Waals surface area contributed by atoms with Crippen molar-refractivity contribution in [3.05, 3.63) is 59.7 Å². The molecule has 128 valence electrons. The van der Waals surface area contributed by atoms with Crippen molar-refractivity contribution in [1.82, 2.24) is 0 Å². The van der Waals surface area contributed by atoms with Gasteiger partial charge in [-0.15, -0.1) is 0 Å². The van der Waals surface area contributed by atoms with Crippen LogP contribution in [-0.4, -0.2) is 18.4 Å². The molecule has 5 heteroatoms. The zero-order chi connectivity index (χ0) is 18.2. The van der Waals surface area contributed by atoms with Gasteiger partial charge in [0, 0.05) is 5.69 Å². The van der Waals surface area contributed by atoms with E-state index in [1.165, 1.54) is 0 Å². The Labute approximate surface area is 148 Å². The first-order chi connectivity index (χ1) is 12.0. The van der Waals surface area contributed by atoms with E-state index in [1.807, 2.05) is 68.4 Å². The molecule has 0 radical (unpaired) electrons. The van der Waals surface area contributed by atoms with Crippen LogP contribution in [-0.2, 0) is 9.53 Å². The minimum Gasteiger partial charge on any atom is -0.465 e. The monoisotopic (exact) mass is 335 g/mol. The number of nitrogens with one attached hydrogen (secondary N) is 1. The highest BCUT2D eigenvalue weighted by molar-refractivity contribution is 6.11. The maximum Gasteiger partial charge on any atom is 0.331 e. The number of ether oxygens (including phenoxy) is 1. The molecule has 0 saturated carbocycles. The molecule has 1 unspecified atom stereocenters. The van der Waals surface area contributed by atoms with Gasteiger partial charge in [-0.25, -0.2) is 4.99 Å². The van der Waals surface area contributed by atoms with Gasteiger partial charge in [0.05, 0.1) is 18.4 Å². The quantitative estimate of drug-likeness (QED) is 0.506. The SMILES string of the molecule is CCOC(=O)C(C#N)C(=Nc1ccc(C)cc1)Nc1ccc(C)cc1. The second-order valence-electron chi connectivity index (χ2n) is 5.64. The van der Waals surface area contributed by atoms with Gasteiger partial charge in [-0.3, -0.25) is 4.79 Å². The smallest absolute Gasteiger partial charge is 0.331 e. The molecule has 0 heterocycles. The van der Waals surface area contributed by atoms with Gasteiger partial charge in [0.2, 0.25) is 5.92 Å². The van der Waals surface area contributed by atoms with Gasteiger partial charge in [0.25, 0.3) is 0 Å². The van der Waals surface area contributed by atoms with Crippen molar-refractivity contribution in [2.45, 2.75) is 20.8 Å². The number of aryl methyl sites for hydroxylation is 2. The Morgan fingerprint density at radius 1 is 1.12 bits per heavy atom. The highest BCUT2D eigenvalue weighted by Crippen LogP contribution is 2.18. The van der Waals surface area contributed by atoms with Crippen molar-refractivity contribution in [2.75, 3.05) is 11.9 Å². The molecule has 2 aromatic carbocycles. The molecule has 0 saturated heterocycles. The van der Waals surface area contributed by atoms with E-state index in [0.29, 0.717) is 5.69 Å². The Bertz CT molecular complexity index is 787. The number of rotatable bonds is 5. The van der Waals surface area contributed by atoms with Gasteiger partial charge < -0.3 is 10.1 Å². The third-order valence-corrected chi connectivity index (χ3v) is 3.53. The molecular formula is C20H21N3O2. The Kier molecular flexibility index (Phi) is 6.30. The Balaban J connectivity index is 2.38. The molecule has 0 aliphatic heterocycles. The van der Waals surface area contributed by atoms with Crippen LogP contribution in [0.15, 0.2) is 53.5 Å². The summed E-state index contributed by atoms with van der Waals surface area (Å²) in [5, 5.41) is 12.6. The molecule has 0 aliphatic carbocycles. The normalized spacial score (nSPS) is 12.2. The Hall–Kier alpha value is -3.13. The van der Waals surface area contributed by atoms with Crippen LogP contribution in [0.2, 0.25) is 0 Å². The lowest BCUT2D eigenvalue weighted by Gasteiger charge is -2.14. The summed E-state index contributed by atoms with van der Waals surface area (Å²) in [5.74, 6) is -1.49. The summed E-state index contributed by atoms with van der Waals surface area (Å²) in [6, 6.07) is 17.1. The number of nitrogens with zero attached hydrogens (tertiary/aromatic N) is 2. The zero-order valence-electron chi connectivity index (χ0n) is 14.6. The molecule has 2 aromatic rings. The molecule has 0 bridgehead atoms. The lowest BCUT2D eigenvalue weighted by Crippen LogP contribution is -2.30. The van der Waals surface area contributed by atoms with Crippen LogP contribution in [0.25, 0.3) is 0 Å². The summed E-state index contributed by atoms with van der Waals surface area (Å²) in [6.07, 6.45) is 0. The molecule has 0 aromatic heterocycles. The first-order valence-electron chi connectivity index (χ1n) is 8.08. The fourth-order valence-corrected chi connectivity index (χ4v) is 2.16. The zero-order valence-corrected chi connectivity index (χ0v) is 14.6. The number of hydrogen-bond donors (Lipinski definition) is 1. The van der Waals surface area contributed by atoms with E-state index in [2.05, 4.69) is 10.3 Å². The van der Waals surface area contributed by atoms with Crippen LogP contribution in [0.5, 0.6) is 0 Å². The molecule has 0 amide bonds. The van der Waals surface area contributed by atoms with Crippen molar-refractivity contribution in [3.63, 3.8) is 0 Å². The summed E-state index contributed by atoms with van der Waals surface area (Å²) in [4.78, 5) is 16.6. The summed E-state index contributed by atoms with van der Waals surface area (Å²) >= 11 is 0. The summed E-state index contributed by atoms with van der Waals surface area (Å²) in [7, 11) is 0. The topological polar surface area (TPSA) is 74.5 Å². The van der Waals surface area contributed by atoms with Crippen molar-refractivity contribution in [2.24, 2.45) is 10.9 Å². The van der Waals surface area contributed by atoms with Crippen LogP contribution >= 0.6 is 0 Å². The maximum absolute atomic E-state index is 12.1. The summed E-state index contributed by atoms with van der Waals surface area (Å²) in [6.45, 7) is 5.88. The second-order valence-corrected chi connectivity index (χ2v) is 5.64. The van der Waals surface area contributed by atoms with E-state index >= 15 is 0 Å². The van der Waals surface area contributed by atoms with Crippen LogP contribution < -0.4 is 5.32 Å². The number of carbonyl (C=O) groups excluding carboxylic acids is 1. The first-order valence-corrected chi connectivity index (χ1v) is 8.08. The van der Waals surface area contributed by atoms with E-state index in [4.69, 9.17) is 4.74 Å². The van der Waals surface area contributed by atoms with Gasteiger partial charge in [0.15, 0.2) is 0 Å². The number of nitriles is 1. The van der Waals surface area contributed by atoms with E-state index in [0.717, 1.165) is 16.8 Å². The Morgan fingerprint density at radius 3 is 2.20 bits per heavy atom. The second kappa shape index (κ2) is 8.65. The van der Waals surface area contributed by atoms with Crippen LogP contribution in [0.4, 0.5) is 11.4 Å². The lowest BCUT2D eigenvalue weighted by molar-refractivity contribution is -0.143. The molecular weight excluding hydrogens is 314 g/mol. The van der Waals surface area contributed by atoms with E-state index in [9.17, 15) is 10.1 Å². The third kappa shape index (κ3) is 5.18. The number of aliphatic imine (C=N–C) groups is 1. The van der Waals surface area contributed by atoms with Crippen molar-refractivity contribution >= 4 is 23.2 Å². The molecule has 5 nitrogen and oxygen atoms in total.